The van der Waals surface area contributed by atoms with Crippen LogP contribution >= 0.6 is 0 Å². The number of amides is 1. The minimum Gasteiger partial charge on any atom is -1.00 e. The zero-order chi connectivity index (χ0) is 32.9. The third kappa shape index (κ3) is 10.3. The fourth-order valence-corrected chi connectivity index (χ4v) is 5.56. The van der Waals surface area contributed by atoms with Gasteiger partial charge in [0.25, 0.3) is 5.91 Å². The SMILES string of the molecule is CC(C)(C)c1cc(C(=O)N2CC(O)C2)cc(C(C)(C)C)c1O.CC(C)(C)c1cc(CN2CC(O)C2)cc(C(C)(C)C)c1O.[AlH3].[H-].[Li+]. The van der Waals surface area contributed by atoms with Crippen molar-refractivity contribution in [3.05, 3.63) is 57.6 Å². The number of likely N-dealkylation sites (tertiary alicyclic amines) is 2. The smallest absolute Gasteiger partial charge is 1.00 e. The zero-order valence-electron chi connectivity index (χ0n) is 30.6. The van der Waals surface area contributed by atoms with Crippen LogP contribution in [0.15, 0.2) is 24.3 Å². The molecule has 0 unspecified atom stereocenters. The van der Waals surface area contributed by atoms with Crippen LogP contribution in [0.4, 0.5) is 0 Å². The van der Waals surface area contributed by atoms with Crippen LogP contribution in [0.2, 0.25) is 0 Å². The summed E-state index contributed by atoms with van der Waals surface area (Å²) in [5.41, 5.74) is 4.69. The van der Waals surface area contributed by atoms with Crippen molar-refractivity contribution in [3.63, 3.8) is 0 Å². The van der Waals surface area contributed by atoms with Gasteiger partial charge in [-0.05, 0) is 50.5 Å². The molecule has 4 N–H and O–H groups in total. The van der Waals surface area contributed by atoms with Crippen LogP contribution in [0.25, 0.3) is 0 Å². The molecule has 7 nitrogen and oxygen atoms in total. The van der Waals surface area contributed by atoms with Crippen LogP contribution in [0, 0.1) is 0 Å². The summed E-state index contributed by atoms with van der Waals surface area (Å²) in [5.74, 6) is 0.629. The van der Waals surface area contributed by atoms with Gasteiger partial charge in [0.2, 0.25) is 0 Å². The quantitative estimate of drug-likeness (QED) is 0.385. The fourth-order valence-electron chi connectivity index (χ4n) is 5.56. The summed E-state index contributed by atoms with van der Waals surface area (Å²) in [4.78, 5) is 16.4. The number of β-amino-alcohol motifs (C(OH)–C–C–N with tert-alkyl or cyclic N) is 2. The maximum Gasteiger partial charge on any atom is 1.00 e. The van der Waals surface area contributed by atoms with Crippen LogP contribution in [0.3, 0.4) is 0 Å². The molecule has 0 spiro atoms. The summed E-state index contributed by atoms with van der Waals surface area (Å²) >= 11 is 0. The molecule has 2 aliphatic rings. The second kappa shape index (κ2) is 14.7. The van der Waals surface area contributed by atoms with E-state index < -0.39 is 6.10 Å². The zero-order valence-corrected chi connectivity index (χ0v) is 29.6. The van der Waals surface area contributed by atoms with Crippen molar-refractivity contribution in [1.82, 2.24) is 9.80 Å². The second-order valence-electron chi connectivity index (χ2n) is 16.7. The number of aliphatic hydroxyl groups is 2. The maximum absolute atomic E-state index is 12.6. The van der Waals surface area contributed by atoms with E-state index >= 15 is 0 Å². The van der Waals surface area contributed by atoms with E-state index in [-0.39, 0.29) is 77.1 Å². The fraction of sp³-hybridized carbons (Fsp3) is 0.639. The van der Waals surface area contributed by atoms with Crippen molar-refractivity contribution in [1.29, 1.82) is 0 Å². The Morgan fingerprint density at radius 2 is 0.978 bits per heavy atom. The predicted octanol–water partition coefficient (Wildman–Crippen LogP) is 1.90. The molecular weight excluding hydrogens is 574 g/mol. The molecule has 0 aromatic heterocycles. The number of phenolic OH excluding ortho intramolecular Hbond substituents is 2. The van der Waals surface area contributed by atoms with Gasteiger partial charge in [-0.3, -0.25) is 9.69 Å². The van der Waals surface area contributed by atoms with Gasteiger partial charge in [0.15, 0.2) is 17.4 Å². The molecule has 4 rings (SSSR count). The molecule has 1 amide bonds. The Hall–Kier alpha value is -1.48. The van der Waals surface area contributed by atoms with Gasteiger partial charge in [0.1, 0.15) is 11.5 Å². The van der Waals surface area contributed by atoms with E-state index in [4.69, 9.17) is 0 Å². The first-order valence-corrected chi connectivity index (χ1v) is 15.5. The molecule has 2 aromatic carbocycles. The Kier molecular flexibility index (Phi) is 13.6. The van der Waals surface area contributed by atoms with Gasteiger partial charge < -0.3 is 26.8 Å². The number of hydrogen-bond acceptors (Lipinski definition) is 6. The van der Waals surface area contributed by atoms with Gasteiger partial charge in [-0.15, -0.1) is 0 Å². The molecule has 0 aliphatic carbocycles. The average Bonchev–Trinajstić information content (AvgIpc) is 2.79. The molecule has 248 valence electrons. The van der Waals surface area contributed by atoms with Gasteiger partial charge in [-0.1, -0.05) is 95.2 Å². The molecule has 2 saturated heterocycles. The van der Waals surface area contributed by atoms with E-state index in [2.05, 4.69) is 58.6 Å². The third-order valence-corrected chi connectivity index (χ3v) is 8.25. The molecule has 2 aliphatic heterocycles. The standard InChI is InChI=1S/C18H27NO3.C18H29NO2.Al.Li.4H/c1-17(2,3)13-7-11(16(22)19-9-12(20)10-19)8-14(15(13)21)18(4,5)6;1-17(2,3)14-7-12(9-19-10-13(20)11-19)8-15(16(14)21)18(4,5)6;;;;;;/h7-8,12,20-21H,9-10H2,1-6H3;7-8,13,20-21H,9-11H2,1-6H3;;;;;;/q;;;+1;;;;-1. The average molecular weight is 635 g/mol. The molecule has 0 saturated carbocycles. The van der Waals surface area contributed by atoms with Crippen molar-refractivity contribution in [2.75, 3.05) is 26.2 Å². The number of benzene rings is 2. The van der Waals surface area contributed by atoms with Gasteiger partial charge >= 0.3 is 18.9 Å². The van der Waals surface area contributed by atoms with E-state index in [0.29, 0.717) is 24.4 Å². The Bertz CT molecular complexity index is 1260. The van der Waals surface area contributed by atoms with Gasteiger partial charge in [0, 0.05) is 49.4 Å². The molecule has 2 fully saturated rings. The molecule has 0 bridgehead atoms. The summed E-state index contributed by atoms with van der Waals surface area (Å²) in [6, 6.07) is 7.82. The number of carbonyl (C=O) groups is 1. The van der Waals surface area contributed by atoms with Crippen LogP contribution in [0.1, 0.15) is 123 Å². The minimum absolute atomic E-state index is 0. The Balaban J connectivity index is 0.000000827. The summed E-state index contributed by atoms with van der Waals surface area (Å²) < 4.78 is 0. The predicted molar refractivity (Wildman–Crippen MR) is 185 cm³/mol. The van der Waals surface area contributed by atoms with Crippen molar-refractivity contribution < 1.29 is 45.5 Å². The molecule has 0 atom stereocenters. The van der Waals surface area contributed by atoms with Crippen LogP contribution < -0.4 is 18.9 Å². The molecule has 2 heterocycles. The first kappa shape index (κ1) is 41.5. The van der Waals surface area contributed by atoms with E-state index in [1.807, 2.05) is 41.5 Å². The van der Waals surface area contributed by atoms with Crippen molar-refractivity contribution in [2.45, 2.75) is 123 Å². The Morgan fingerprint density at radius 3 is 1.27 bits per heavy atom. The van der Waals surface area contributed by atoms with Crippen molar-refractivity contribution >= 4 is 23.3 Å². The summed E-state index contributed by atoms with van der Waals surface area (Å²) in [7, 11) is 0. The van der Waals surface area contributed by atoms with Gasteiger partial charge in [0.05, 0.1) is 12.2 Å². The summed E-state index contributed by atoms with van der Waals surface area (Å²) in [5, 5.41) is 40.2. The van der Waals surface area contributed by atoms with E-state index in [9.17, 15) is 25.2 Å². The summed E-state index contributed by atoms with van der Waals surface area (Å²) in [6.45, 7) is 28.0. The monoisotopic (exact) mass is 634 g/mol. The van der Waals surface area contributed by atoms with E-state index in [1.54, 1.807) is 17.0 Å². The Labute approximate surface area is 296 Å². The normalized spacial score (nSPS) is 16.4. The molecule has 45 heavy (non-hydrogen) atoms. The first-order valence-electron chi connectivity index (χ1n) is 15.5. The number of carbonyl (C=O) groups excluding carboxylic acids is 1. The minimum atomic E-state index is -0.412. The summed E-state index contributed by atoms with van der Waals surface area (Å²) in [6.07, 6.45) is -0.587. The molecule has 9 heteroatoms. The van der Waals surface area contributed by atoms with E-state index in [1.165, 1.54) is 5.56 Å². The Morgan fingerprint density at radius 1 is 0.667 bits per heavy atom. The number of rotatable bonds is 3. The molecular formula is C36H60AlLiN2O5. The van der Waals surface area contributed by atoms with Crippen LogP contribution in [0.5, 0.6) is 11.5 Å². The second-order valence-corrected chi connectivity index (χ2v) is 16.7. The van der Waals surface area contributed by atoms with Crippen LogP contribution in [-0.4, -0.2) is 91.9 Å². The maximum atomic E-state index is 12.6. The van der Waals surface area contributed by atoms with Gasteiger partial charge in [-0.25, -0.2) is 0 Å². The largest absolute Gasteiger partial charge is 1.00 e. The van der Waals surface area contributed by atoms with Crippen molar-refractivity contribution in [3.8, 4) is 11.5 Å². The number of nitrogens with zero attached hydrogens (tertiary/aromatic N) is 2. The van der Waals surface area contributed by atoms with Gasteiger partial charge in [-0.2, -0.15) is 0 Å². The first-order chi connectivity index (χ1) is 19.4. The third-order valence-electron chi connectivity index (χ3n) is 8.25. The van der Waals surface area contributed by atoms with E-state index in [0.717, 1.165) is 41.9 Å². The number of aliphatic hydroxyl groups excluding tert-OH is 2. The number of phenols is 2. The topological polar surface area (TPSA) is 104 Å². The molecule has 2 aromatic rings. The molecule has 0 radical (unpaired) electrons. The number of aromatic hydroxyl groups is 2. The van der Waals surface area contributed by atoms with Crippen LogP contribution in [-0.2, 0) is 28.2 Å². The van der Waals surface area contributed by atoms with Crippen molar-refractivity contribution in [2.24, 2.45) is 0 Å². The number of hydrogen-bond donors (Lipinski definition) is 4.